The maximum Gasteiger partial charge on any atom is 0.107 e. The van der Waals surface area contributed by atoms with E-state index in [1.54, 1.807) is 18.4 Å². The zero-order valence-electron chi connectivity index (χ0n) is 7.43. The molecule has 0 spiro atoms. The second-order valence-corrected chi connectivity index (χ2v) is 3.13. The lowest BCUT2D eigenvalue weighted by atomic mass is 9.88. The highest BCUT2D eigenvalue weighted by Gasteiger charge is 2.35. The van der Waals surface area contributed by atoms with E-state index in [4.69, 9.17) is 10.2 Å². The van der Waals surface area contributed by atoms with Gasteiger partial charge in [0.2, 0.25) is 0 Å². The first-order chi connectivity index (χ1) is 6.25. The molecule has 1 aliphatic rings. The van der Waals surface area contributed by atoms with E-state index in [-0.39, 0.29) is 19.6 Å². The van der Waals surface area contributed by atoms with Crippen LogP contribution in [0, 0.1) is 0 Å². The van der Waals surface area contributed by atoms with Crippen LogP contribution in [0.3, 0.4) is 0 Å². The molecule has 4 nitrogen and oxygen atoms in total. The van der Waals surface area contributed by atoms with Gasteiger partial charge in [-0.1, -0.05) is 6.08 Å². The van der Waals surface area contributed by atoms with E-state index in [1.165, 1.54) is 0 Å². The van der Waals surface area contributed by atoms with Crippen molar-refractivity contribution in [1.29, 1.82) is 0 Å². The van der Waals surface area contributed by atoms with Gasteiger partial charge in [-0.05, 0) is 12.5 Å². The zero-order chi connectivity index (χ0) is 9.73. The third kappa shape index (κ3) is 2.15. The lowest BCUT2D eigenvalue weighted by Gasteiger charge is -2.28. The molecule has 0 aliphatic carbocycles. The Morgan fingerprint density at radius 1 is 1.31 bits per heavy atom. The molecule has 0 radical (unpaired) electrons. The fourth-order valence-corrected chi connectivity index (χ4v) is 1.50. The SMILES string of the molecule is OCCC(O)C1(CCO)C=CC=N1. The third-order valence-electron chi connectivity index (χ3n) is 2.28. The van der Waals surface area contributed by atoms with E-state index < -0.39 is 11.6 Å². The summed E-state index contributed by atoms with van der Waals surface area (Å²) in [5.74, 6) is 0. The summed E-state index contributed by atoms with van der Waals surface area (Å²) >= 11 is 0. The molecule has 74 valence electrons. The molecule has 0 aromatic heterocycles. The van der Waals surface area contributed by atoms with Crippen LogP contribution in [0.5, 0.6) is 0 Å². The van der Waals surface area contributed by atoms with E-state index in [9.17, 15) is 5.11 Å². The summed E-state index contributed by atoms with van der Waals surface area (Å²) < 4.78 is 0. The van der Waals surface area contributed by atoms with Crippen molar-refractivity contribution in [2.24, 2.45) is 4.99 Å². The van der Waals surface area contributed by atoms with Crippen LogP contribution in [0.2, 0.25) is 0 Å². The first kappa shape index (κ1) is 10.4. The molecular weight excluding hydrogens is 170 g/mol. The fourth-order valence-electron chi connectivity index (χ4n) is 1.50. The highest BCUT2D eigenvalue weighted by molar-refractivity contribution is 5.75. The molecule has 1 heterocycles. The van der Waals surface area contributed by atoms with Crippen molar-refractivity contribution in [3.8, 4) is 0 Å². The van der Waals surface area contributed by atoms with Crippen molar-refractivity contribution in [1.82, 2.24) is 0 Å². The average Bonchev–Trinajstić information content (AvgIpc) is 2.55. The molecule has 0 saturated carbocycles. The Morgan fingerprint density at radius 2 is 2.08 bits per heavy atom. The minimum atomic E-state index is -0.723. The predicted molar refractivity (Wildman–Crippen MR) is 49.8 cm³/mol. The minimum absolute atomic E-state index is 0.0236. The minimum Gasteiger partial charge on any atom is -0.396 e. The van der Waals surface area contributed by atoms with Crippen LogP contribution in [-0.2, 0) is 0 Å². The number of aliphatic hydroxyl groups excluding tert-OH is 3. The Hall–Kier alpha value is -0.710. The number of aliphatic imine (C=N–C) groups is 1. The summed E-state index contributed by atoms with van der Waals surface area (Å²) in [5.41, 5.74) is -0.711. The quantitative estimate of drug-likeness (QED) is 0.540. The largest absolute Gasteiger partial charge is 0.396 e. The van der Waals surface area contributed by atoms with Gasteiger partial charge in [-0.2, -0.15) is 0 Å². The van der Waals surface area contributed by atoms with Crippen LogP contribution in [0.15, 0.2) is 17.1 Å². The van der Waals surface area contributed by atoms with Gasteiger partial charge in [-0.25, -0.2) is 0 Å². The summed E-state index contributed by atoms with van der Waals surface area (Å²) in [4.78, 5) is 4.12. The van der Waals surface area contributed by atoms with E-state index >= 15 is 0 Å². The molecule has 2 atom stereocenters. The summed E-state index contributed by atoms with van der Waals surface area (Å²) in [5, 5.41) is 27.2. The number of hydrogen-bond donors (Lipinski definition) is 3. The highest BCUT2D eigenvalue weighted by Crippen LogP contribution is 2.27. The van der Waals surface area contributed by atoms with Gasteiger partial charge in [0.25, 0.3) is 0 Å². The van der Waals surface area contributed by atoms with E-state index in [0.717, 1.165) is 0 Å². The van der Waals surface area contributed by atoms with Crippen molar-refractivity contribution in [3.05, 3.63) is 12.2 Å². The molecule has 4 heteroatoms. The molecule has 0 aromatic rings. The number of aliphatic hydroxyl groups is 3. The van der Waals surface area contributed by atoms with Gasteiger partial charge in [0.1, 0.15) is 5.54 Å². The van der Waals surface area contributed by atoms with Gasteiger partial charge < -0.3 is 15.3 Å². The summed E-state index contributed by atoms with van der Waals surface area (Å²) in [7, 11) is 0. The number of nitrogens with zero attached hydrogens (tertiary/aromatic N) is 1. The summed E-state index contributed by atoms with van der Waals surface area (Å²) in [6.45, 7) is -0.0954. The molecule has 0 fully saturated rings. The maximum atomic E-state index is 9.69. The van der Waals surface area contributed by atoms with Crippen LogP contribution < -0.4 is 0 Å². The second-order valence-electron chi connectivity index (χ2n) is 3.13. The lowest BCUT2D eigenvalue weighted by Crippen LogP contribution is -2.39. The fraction of sp³-hybridized carbons (Fsp3) is 0.667. The standard InChI is InChI=1S/C9H15NO3/c11-6-2-8(13)9(4-7-12)3-1-5-10-9/h1,3,5,8,11-13H,2,4,6-7H2. The average molecular weight is 185 g/mol. The van der Waals surface area contributed by atoms with E-state index in [0.29, 0.717) is 6.42 Å². The molecule has 1 aliphatic heterocycles. The van der Waals surface area contributed by atoms with Crippen LogP contribution in [-0.4, -0.2) is 46.4 Å². The van der Waals surface area contributed by atoms with Crippen molar-refractivity contribution < 1.29 is 15.3 Å². The smallest absolute Gasteiger partial charge is 0.107 e. The number of allylic oxidation sites excluding steroid dienone is 1. The topological polar surface area (TPSA) is 73.0 Å². The maximum absolute atomic E-state index is 9.69. The van der Waals surface area contributed by atoms with Gasteiger partial charge in [-0.15, -0.1) is 0 Å². The van der Waals surface area contributed by atoms with Crippen LogP contribution in [0.4, 0.5) is 0 Å². The van der Waals surface area contributed by atoms with Gasteiger partial charge in [0, 0.05) is 25.8 Å². The van der Waals surface area contributed by atoms with E-state index in [1.807, 2.05) is 0 Å². The molecule has 13 heavy (non-hydrogen) atoms. The second kappa shape index (κ2) is 4.50. The summed E-state index contributed by atoms with van der Waals surface area (Å²) in [6.07, 6.45) is 5.07. The van der Waals surface area contributed by atoms with Crippen LogP contribution in [0.25, 0.3) is 0 Å². The first-order valence-corrected chi connectivity index (χ1v) is 4.38. The van der Waals surface area contributed by atoms with Crippen LogP contribution >= 0.6 is 0 Å². The molecule has 0 aromatic carbocycles. The van der Waals surface area contributed by atoms with Crippen LogP contribution in [0.1, 0.15) is 12.8 Å². The van der Waals surface area contributed by atoms with Crippen molar-refractivity contribution in [3.63, 3.8) is 0 Å². The molecule has 1 rings (SSSR count). The van der Waals surface area contributed by atoms with Gasteiger partial charge in [-0.3, -0.25) is 4.99 Å². The molecule has 2 unspecified atom stereocenters. The molecular formula is C9H15NO3. The van der Waals surface area contributed by atoms with Gasteiger partial charge in [0.05, 0.1) is 6.10 Å². The Labute approximate surface area is 77.2 Å². The first-order valence-electron chi connectivity index (χ1n) is 4.38. The summed E-state index contributed by atoms with van der Waals surface area (Å²) in [6, 6.07) is 0. The Morgan fingerprint density at radius 3 is 2.54 bits per heavy atom. The Kier molecular flexibility index (Phi) is 3.59. The van der Waals surface area contributed by atoms with Crippen molar-refractivity contribution >= 4 is 6.21 Å². The van der Waals surface area contributed by atoms with Gasteiger partial charge in [0.15, 0.2) is 0 Å². The lowest BCUT2D eigenvalue weighted by molar-refractivity contribution is 0.0695. The Balaban J connectivity index is 2.67. The molecule has 0 bridgehead atoms. The monoisotopic (exact) mass is 185 g/mol. The van der Waals surface area contributed by atoms with Crippen molar-refractivity contribution in [2.45, 2.75) is 24.5 Å². The molecule has 0 saturated heterocycles. The normalized spacial score (nSPS) is 28.2. The zero-order valence-corrected chi connectivity index (χ0v) is 7.43. The Bertz CT molecular complexity index is 201. The third-order valence-corrected chi connectivity index (χ3v) is 2.28. The molecule has 0 amide bonds. The predicted octanol–water partition coefficient (Wildman–Crippen LogP) is -0.509. The number of rotatable bonds is 5. The van der Waals surface area contributed by atoms with E-state index in [2.05, 4.69) is 4.99 Å². The number of hydrogen-bond acceptors (Lipinski definition) is 4. The van der Waals surface area contributed by atoms with Gasteiger partial charge >= 0.3 is 0 Å². The van der Waals surface area contributed by atoms with Crippen molar-refractivity contribution in [2.75, 3.05) is 13.2 Å². The highest BCUT2D eigenvalue weighted by atomic mass is 16.3. The molecule has 3 N–H and O–H groups in total.